The summed E-state index contributed by atoms with van der Waals surface area (Å²) in [5.41, 5.74) is 9.54. The minimum absolute atomic E-state index is 0.153. The Morgan fingerprint density at radius 3 is 2.65 bits per heavy atom. The van der Waals surface area contributed by atoms with E-state index in [1.54, 1.807) is 31.0 Å². The number of hydrogen-bond donors (Lipinski definition) is 3. The van der Waals surface area contributed by atoms with Crippen molar-refractivity contribution in [1.82, 2.24) is 9.99 Å². The standard InChI is InChI=1S/C19H26N4O3/c1-12(20)18(24)22-23-11-14(17-15(23)9-6-10-16(17)26-2)19(25)21-13-7-4-3-5-8-13/h6,9-13H,3-5,7-8,20H2,1-2H3,(H,21,25)(H,22,24). The highest BCUT2D eigenvalue weighted by Gasteiger charge is 2.23. The SMILES string of the molecule is COc1cccc2c1c(C(=O)NC1CCCCC1)cn2NC(=O)C(C)N. The van der Waals surface area contributed by atoms with Crippen LogP contribution in [-0.4, -0.2) is 35.7 Å². The van der Waals surface area contributed by atoms with Crippen molar-refractivity contribution in [1.29, 1.82) is 0 Å². The number of ether oxygens (including phenoxy) is 1. The first-order valence-electron chi connectivity index (χ1n) is 9.06. The monoisotopic (exact) mass is 358 g/mol. The zero-order chi connectivity index (χ0) is 18.7. The zero-order valence-corrected chi connectivity index (χ0v) is 15.2. The van der Waals surface area contributed by atoms with Gasteiger partial charge in [0.15, 0.2) is 0 Å². The van der Waals surface area contributed by atoms with Gasteiger partial charge in [0.05, 0.1) is 29.6 Å². The lowest BCUT2D eigenvalue weighted by molar-refractivity contribution is -0.117. The molecule has 3 rings (SSSR count). The van der Waals surface area contributed by atoms with Crippen LogP contribution in [0.4, 0.5) is 0 Å². The van der Waals surface area contributed by atoms with E-state index in [-0.39, 0.29) is 17.9 Å². The molecule has 7 nitrogen and oxygen atoms in total. The summed E-state index contributed by atoms with van der Waals surface area (Å²) < 4.78 is 6.98. The van der Waals surface area contributed by atoms with Crippen LogP contribution in [-0.2, 0) is 4.79 Å². The second-order valence-corrected chi connectivity index (χ2v) is 6.84. The maximum Gasteiger partial charge on any atom is 0.255 e. The number of amides is 2. The van der Waals surface area contributed by atoms with Crippen molar-refractivity contribution in [2.24, 2.45) is 5.73 Å². The summed E-state index contributed by atoms with van der Waals surface area (Å²) in [6, 6.07) is 4.99. The van der Waals surface area contributed by atoms with E-state index in [4.69, 9.17) is 10.5 Å². The van der Waals surface area contributed by atoms with Crippen molar-refractivity contribution in [3.63, 3.8) is 0 Å². The highest BCUT2D eigenvalue weighted by atomic mass is 16.5. The summed E-state index contributed by atoms with van der Waals surface area (Å²) in [7, 11) is 1.56. The fraction of sp³-hybridized carbons (Fsp3) is 0.474. The van der Waals surface area contributed by atoms with Crippen LogP contribution >= 0.6 is 0 Å². The molecule has 1 saturated carbocycles. The molecule has 0 bridgehead atoms. The second-order valence-electron chi connectivity index (χ2n) is 6.84. The van der Waals surface area contributed by atoms with Gasteiger partial charge < -0.3 is 15.8 Å². The van der Waals surface area contributed by atoms with Crippen LogP contribution in [0.2, 0.25) is 0 Å². The smallest absolute Gasteiger partial charge is 0.255 e. The summed E-state index contributed by atoms with van der Waals surface area (Å²) >= 11 is 0. The Morgan fingerprint density at radius 2 is 2.00 bits per heavy atom. The molecule has 0 saturated heterocycles. The zero-order valence-electron chi connectivity index (χ0n) is 15.2. The Kier molecular flexibility index (Phi) is 5.46. The van der Waals surface area contributed by atoms with E-state index in [1.807, 2.05) is 12.1 Å². The molecule has 26 heavy (non-hydrogen) atoms. The van der Waals surface area contributed by atoms with E-state index >= 15 is 0 Å². The van der Waals surface area contributed by atoms with E-state index in [2.05, 4.69) is 10.7 Å². The molecule has 2 amide bonds. The lowest BCUT2D eigenvalue weighted by Crippen LogP contribution is -2.37. The van der Waals surface area contributed by atoms with Crippen LogP contribution in [0.1, 0.15) is 49.4 Å². The average Bonchev–Trinajstić information content (AvgIpc) is 3.01. The first-order chi connectivity index (χ1) is 12.5. The number of benzene rings is 1. The van der Waals surface area contributed by atoms with E-state index in [0.29, 0.717) is 22.2 Å². The molecule has 1 aliphatic rings. The Hall–Kier alpha value is -2.54. The molecule has 0 spiro atoms. The minimum atomic E-state index is -0.655. The van der Waals surface area contributed by atoms with Crippen molar-refractivity contribution in [2.75, 3.05) is 12.5 Å². The van der Waals surface area contributed by atoms with Gasteiger partial charge in [0.1, 0.15) is 5.75 Å². The number of fused-ring (bicyclic) bond motifs is 1. The molecule has 1 unspecified atom stereocenters. The number of rotatable bonds is 5. The summed E-state index contributed by atoms with van der Waals surface area (Å²) in [5, 5.41) is 3.80. The Bertz CT molecular complexity index is 806. The predicted octanol–water partition coefficient (Wildman–Crippen LogP) is 2.13. The van der Waals surface area contributed by atoms with Gasteiger partial charge in [0.2, 0.25) is 0 Å². The van der Waals surface area contributed by atoms with Crippen LogP contribution in [0.15, 0.2) is 24.4 Å². The van der Waals surface area contributed by atoms with E-state index < -0.39 is 6.04 Å². The average molecular weight is 358 g/mol. The molecular formula is C19H26N4O3. The predicted molar refractivity (Wildman–Crippen MR) is 101 cm³/mol. The number of methoxy groups -OCH3 is 1. The van der Waals surface area contributed by atoms with Gasteiger partial charge in [-0.1, -0.05) is 25.3 Å². The second kappa shape index (κ2) is 7.78. The van der Waals surface area contributed by atoms with Gasteiger partial charge in [-0.3, -0.25) is 19.7 Å². The third-order valence-corrected chi connectivity index (χ3v) is 4.84. The highest BCUT2D eigenvalue weighted by molar-refractivity contribution is 6.10. The number of nitrogens with one attached hydrogen (secondary N) is 2. The number of carbonyl (C=O) groups is 2. The lowest BCUT2D eigenvalue weighted by Gasteiger charge is -2.22. The number of aromatic nitrogens is 1. The van der Waals surface area contributed by atoms with Crippen LogP contribution in [0.5, 0.6) is 5.75 Å². The molecule has 1 atom stereocenters. The normalized spacial score (nSPS) is 16.3. The van der Waals surface area contributed by atoms with Gasteiger partial charge in [-0.15, -0.1) is 0 Å². The van der Waals surface area contributed by atoms with Gasteiger partial charge in [-0.2, -0.15) is 0 Å². The summed E-state index contributed by atoms with van der Waals surface area (Å²) in [4.78, 5) is 24.9. The van der Waals surface area contributed by atoms with Crippen molar-refractivity contribution in [3.8, 4) is 5.75 Å². The Morgan fingerprint density at radius 1 is 1.27 bits per heavy atom. The number of nitrogens with two attached hydrogens (primary N) is 1. The van der Waals surface area contributed by atoms with Crippen LogP contribution < -0.4 is 21.2 Å². The lowest BCUT2D eigenvalue weighted by atomic mass is 9.95. The molecule has 1 aromatic heterocycles. The molecule has 1 fully saturated rings. The third-order valence-electron chi connectivity index (χ3n) is 4.84. The molecule has 1 aliphatic carbocycles. The highest BCUT2D eigenvalue weighted by Crippen LogP contribution is 2.30. The largest absolute Gasteiger partial charge is 0.496 e. The van der Waals surface area contributed by atoms with E-state index in [1.165, 1.54) is 6.42 Å². The third kappa shape index (κ3) is 3.67. The molecular weight excluding hydrogens is 332 g/mol. The number of hydrogen-bond acceptors (Lipinski definition) is 4. The Labute approximate surface area is 152 Å². The van der Waals surface area contributed by atoms with Crippen LogP contribution in [0.3, 0.4) is 0 Å². The number of nitrogens with zero attached hydrogens (tertiary/aromatic N) is 1. The van der Waals surface area contributed by atoms with Crippen molar-refractivity contribution >= 4 is 22.7 Å². The summed E-state index contributed by atoms with van der Waals surface area (Å²) in [5.74, 6) is 0.106. The molecule has 140 valence electrons. The molecule has 1 heterocycles. The Balaban J connectivity index is 1.97. The van der Waals surface area contributed by atoms with Gasteiger partial charge >= 0.3 is 0 Å². The molecule has 7 heteroatoms. The molecule has 1 aromatic carbocycles. The summed E-state index contributed by atoms with van der Waals surface area (Å²) in [6.45, 7) is 1.61. The van der Waals surface area contributed by atoms with Crippen molar-refractivity contribution in [3.05, 3.63) is 30.0 Å². The van der Waals surface area contributed by atoms with Gasteiger partial charge in [-0.25, -0.2) is 0 Å². The van der Waals surface area contributed by atoms with Crippen molar-refractivity contribution < 1.29 is 14.3 Å². The number of carbonyl (C=O) groups excluding carboxylic acids is 2. The van der Waals surface area contributed by atoms with Crippen LogP contribution in [0.25, 0.3) is 10.9 Å². The first kappa shape index (κ1) is 18.3. The summed E-state index contributed by atoms with van der Waals surface area (Å²) in [6.07, 6.45) is 7.14. The van der Waals surface area contributed by atoms with Gasteiger partial charge in [0.25, 0.3) is 11.8 Å². The molecule has 0 radical (unpaired) electrons. The molecule has 2 aromatic rings. The van der Waals surface area contributed by atoms with Crippen LogP contribution in [0, 0.1) is 0 Å². The fourth-order valence-corrected chi connectivity index (χ4v) is 3.42. The minimum Gasteiger partial charge on any atom is -0.496 e. The quantitative estimate of drug-likeness (QED) is 0.762. The van der Waals surface area contributed by atoms with Gasteiger partial charge in [-0.05, 0) is 31.9 Å². The first-order valence-corrected chi connectivity index (χ1v) is 9.06. The van der Waals surface area contributed by atoms with E-state index in [9.17, 15) is 9.59 Å². The van der Waals surface area contributed by atoms with E-state index in [0.717, 1.165) is 25.7 Å². The molecule has 4 N–H and O–H groups in total. The fourth-order valence-electron chi connectivity index (χ4n) is 3.42. The maximum absolute atomic E-state index is 12.9. The molecule has 0 aliphatic heterocycles. The van der Waals surface area contributed by atoms with Gasteiger partial charge in [0, 0.05) is 12.2 Å². The maximum atomic E-state index is 12.9. The topological polar surface area (TPSA) is 98.4 Å². The van der Waals surface area contributed by atoms with Crippen molar-refractivity contribution in [2.45, 2.75) is 51.1 Å².